The molecule has 0 aliphatic heterocycles. The minimum absolute atomic E-state index is 0.270. The number of amides is 1. The van der Waals surface area contributed by atoms with E-state index in [2.05, 4.69) is 46.9 Å². The third-order valence-electron chi connectivity index (χ3n) is 5.62. The topological polar surface area (TPSA) is 78.9 Å². The molecule has 8 nitrogen and oxygen atoms in total. The summed E-state index contributed by atoms with van der Waals surface area (Å²) in [5.74, 6) is 0.632. The monoisotopic (exact) mass is 501 g/mol. The van der Waals surface area contributed by atoms with E-state index in [9.17, 15) is 9.59 Å². The maximum Gasteiger partial charge on any atom is 0.410 e. The highest BCUT2D eigenvalue weighted by Gasteiger charge is 2.28. The Morgan fingerprint density at radius 1 is 1.09 bits per heavy atom. The second kappa shape index (κ2) is 11.7. The Morgan fingerprint density at radius 2 is 1.74 bits per heavy atom. The quantitative estimate of drug-likeness (QED) is 0.263. The molecule has 35 heavy (non-hydrogen) atoms. The predicted octanol–water partition coefficient (Wildman–Crippen LogP) is 4.73. The molecule has 0 saturated carbocycles. The molecule has 0 radical (unpaired) electrons. The molecule has 0 spiro atoms. The number of hydrogen-bond donors (Lipinski definition) is 0. The van der Waals surface area contributed by atoms with Gasteiger partial charge in [0.1, 0.15) is 11.4 Å². The van der Waals surface area contributed by atoms with Crippen LogP contribution in [0, 0.1) is 0 Å². The van der Waals surface area contributed by atoms with E-state index in [1.54, 1.807) is 18.1 Å². The Kier molecular flexibility index (Phi) is 9.54. The van der Waals surface area contributed by atoms with Gasteiger partial charge in [-0.05, 0) is 44.7 Å². The lowest BCUT2D eigenvalue weighted by Crippen LogP contribution is -2.41. The van der Waals surface area contributed by atoms with Crippen LogP contribution in [0.15, 0.2) is 35.6 Å². The summed E-state index contributed by atoms with van der Waals surface area (Å²) >= 11 is 1.45. The number of anilines is 2. The third-order valence-corrected chi connectivity index (χ3v) is 6.18. The normalized spacial score (nSPS) is 11.7. The van der Waals surface area contributed by atoms with Gasteiger partial charge in [-0.2, -0.15) is 0 Å². The van der Waals surface area contributed by atoms with E-state index in [0.29, 0.717) is 29.6 Å². The Balaban J connectivity index is 2.09. The van der Waals surface area contributed by atoms with Crippen molar-refractivity contribution in [2.45, 2.75) is 50.8 Å². The van der Waals surface area contributed by atoms with Crippen molar-refractivity contribution in [3.8, 4) is 0 Å². The van der Waals surface area contributed by atoms with Crippen molar-refractivity contribution in [3.05, 3.63) is 41.6 Å². The molecular formula is C26H39N5O3S. The molecule has 192 valence electrons. The molecule has 0 saturated heterocycles. The average molecular weight is 502 g/mol. The van der Waals surface area contributed by atoms with Crippen LogP contribution in [0.5, 0.6) is 0 Å². The molecule has 2 aromatic rings. The fourth-order valence-corrected chi connectivity index (χ4v) is 3.98. The lowest BCUT2D eigenvalue weighted by Gasteiger charge is -2.33. The van der Waals surface area contributed by atoms with Gasteiger partial charge in [0.25, 0.3) is 0 Å². The molecule has 9 heteroatoms. The lowest BCUT2D eigenvalue weighted by molar-refractivity contribution is 0.0268. The largest absolute Gasteiger partial charge is 0.444 e. The highest BCUT2D eigenvalue weighted by molar-refractivity contribution is 7.98. The number of hydrogen-bond acceptors (Lipinski definition) is 8. The van der Waals surface area contributed by atoms with Crippen LogP contribution in [-0.4, -0.2) is 79.9 Å². The smallest absolute Gasteiger partial charge is 0.410 e. The van der Waals surface area contributed by atoms with Crippen LogP contribution in [0.3, 0.4) is 0 Å². The zero-order valence-corrected chi connectivity index (χ0v) is 23.3. The Morgan fingerprint density at radius 3 is 2.34 bits per heavy atom. The van der Waals surface area contributed by atoms with E-state index in [4.69, 9.17) is 4.74 Å². The number of thioether (sulfide) groups is 1. The number of aromatic nitrogens is 2. The standard InChI is InChI=1S/C26H39N5O3S/c1-25(2,3)34-24(33)31(8)18-26(4,5)20-11-10-12-21(15-20)29(6)13-14-30(7)22-19(17-32)16-27-23(28-22)35-9/h10-12,15-17H,13-14,18H2,1-9H3. The summed E-state index contributed by atoms with van der Waals surface area (Å²) in [7, 11) is 5.74. The fraction of sp³-hybridized carbons (Fsp3) is 0.538. The summed E-state index contributed by atoms with van der Waals surface area (Å²) in [4.78, 5) is 38.4. The number of aldehydes is 1. The van der Waals surface area contributed by atoms with E-state index >= 15 is 0 Å². The molecule has 0 atom stereocenters. The minimum atomic E-state index is -0.527. The van der Waals surface area contributed by atoms with Gasteiger partial charge in [0, 0.05) is 58.1 Å². The highest BCUT2D eigenvalue weighted by Crippen LogP contribution is 2.28. The van der Waals surface area contributed by atoms with Crippen molar-refractivity contribution >= 4 is 35.6 Å². The Labute approximate surface area is 214 Å². The van der Waals surface area contributed by atoms with Gasteiger partial charge < -0.3 is 19.4 Å². The first-order valence-corrected chi connectivity index (χ1v) is 12.8. The van der Waals surface area contributed by atoms with E-state index in [-0.39, 0.29) is 11.5 Å². The van der Waals surface area contributed by atoms with E-state index in [1.165, 1.54) is 11.8 Å². The number of carbonyl (C=O) groups is 2. The average Bonchev–Trinajstić information content (AvgIpc) is 2.80. The van der Waals surface area contributed by atoms with Gasteiger partial charge in [0.05, 0.1) is 5.56 Å². The number of carbonyl (C=O) groups excluding carboxylic acids is 2. The van der Waals surface area contributed by atoms with Crippen LogP contribution in [0.25, 0.3) is 0 Å². The maximum absolute atomic E-state index is 12.5. The molecule has 1 aromatic carbocycles. The molecule has 0 aliphatic rings. The van der Waals surface area contributed by atoms with Gasteiger partial charge in [-0.15, -0.1) is 0 Å². The van der Waals surface area contributed by atoms with Gasteiger partial charge in [0.2, 0.25) is 0 Å². The first-order chi connectivity index (χ1) is 16.3. The fourth-order valence-electron chi connectivity index (χ4n) is 3.64. The summed E-state index contributed by atoms with van der Waals surface area (Å²) in [5, 5.41) is 0.636. The molecule has 0 unspecified atom stereocenters. The van der Waals surface area contributed by atoms with E-state index in [0.717, 1.165) is 24.1 Å². The van der Waals surface area contributed by atoms with Crippen LogP contribution in [0.1, 0.15) is 50.5 Å². The van der Waals surface area contributed by atoms with Crippen LogP contribution < -0.4 is 9.80 Å². The number of rotatable bonds is 10. The predicted molar refractivity (Wildman–Crippen MR) is 144 cm³/mol. The zero-order valence-electron chi connectivity index (χ0n) is 22.5. The van der Waals surface area contributed by atoms with Gasteiger partial charge in [-0.1, -0.05) is 37.7 Å². The summed E-state index contributed by atoms with van der Waals surface area (Å²) in [6.45, 7) is 11.8. The van der Waals surface area contributed by atoms with E-state index in [1.807, 2.05) is 52.1 Å². The Bertz CT molecular complexity index is 1020. The lowest BCUT2D eigenvalue weighted by atomic mass is 9.84. The van der Waals surface area contributed by atoms with Crippen LogP contribution >= 0.6 is 11.8 Å². The summed E-state index contributed by atoms with van der Waals surface area (Å²) in [5.41, 5.74) is 1.89. The molecule has 0 N–H and O–H groups in total. The van der Waals surface area contributed by atoms with Crippen LogP contribution in [0.2, 0.25) is 0 Å². The first kappa shape index (κ1) is 28.4. The molecule has 0 fully saturated rings. The molecular weight excluding hydrogens is 462 g/mol. The summed E-state index contributed by atoms with van der Waals surface area (Å²) in [6, 6.07) is 8.37. The minimum Gasteiger partial charge on any atom is -0.444 e. The van der Waals surface area contributed by atoms with Crippen molar-refractivity contribution in [3.63, 3.8) is 0 Å². The van der Waals surface area contributed by atoms with Crippen molar-refractivity contribution in [1.29, 1.82) is 0 Å². The molecule has 1 heterocycles. The molecule has 1 aromatic heterocycles. The third kappa shape index (κ3) is 8.13. The first-order valence-electron chi connectivity index (χ1n) is 11.6. The van der Waals surface area contributed by atoms with Gasteiger partial charge in [-0.3, -0.25) is 4.79 Å². The van der Waals surface area contributed by atoms with Gasteiger partial charge >= 0.3 is 6.09 Å². The second-order valence-electron chi connectivity index (χ2n) is 10.4. The van der Waals surface area contributed by atoms with Crippen molar-refractivity contribution in [2.24, 2.45) is 0 Å². The van der Waals surface area contributed by atoms with Crippen molar-refractivity contribution in [1.82, 2.24) is 14.9 Å². The SMILES string of the molecule is CSc1ncc(C=O)c(N(C)CCN(C)c2cccc(C(C)(C)CN(C)C(=O)OC(C)(C)C)c2)n1. The number of nitrogens with zero attached hydrogens (tertiary/aromatic N) is 5. The summed E-state index contributed by atoms with van der Waals surface area (Å²) < 4.78 is 5.51. The molecule has 2 rings (SSSR count). The summed E-state index contributed by atoms with van der Waals surface area (Å²) in [6.07, 6.45) is 3.94. The van der Waals surface area contributed by atoms with E-state index < -0.39 is 5.60 Å². The van der Waals surface area contributed by atoms with Crippen molar-refractivity contribution < 1.29 is 14.3 Å². The number of ether oxygens (including phenoxy) is 1. The highest BCUT2D eigenvalue weighted by atomic mass is 32.2. The van der Waals surface area contributed by atoms with Gasteiger partial charge in [0.15, 0.2) is 11.4 Å². The molecule has 0 bridgehead atoms. The van der Waals surface area contributed by atoms with Crippen LogP contribution in [-0.2, 0) is 10.2 Å². The molecule has 0 aliphatic carbocycles. The van der Waals surface area contributed by atoms with Crippen molar-refractivity contribution in [2.75, 3.05) is 56.8 Å². The number of likely N-dealkylation sites (N-methyl/N-ethyl adjacent to an activating group) is 3. The van der Waals surface area contributed by atoms with Gasteiger partial charge in [-0.25, -0.2) is 14.8 Å². The second-order valence-corrected chi connectivity index (χ2v) is 11.1. The number of benzene rings is 1. The maximum atomic E-state index is 12.5. The zero-order chi connectivity index (χ0) is 26.4. The van der Waals surface area contributed by atoms with Crippen LogP contribution in [0.4, 0.5) is 16.3 Å². The molecule has 1 amide bonds. The Hall–Kier alpha value is -2.81.